The minimum absolute atomic E-state index is 0.485. The molecule has 104 valence electrons. The first-order valence-electron chi connectivity index (χ1n) is 6.43. The number of aliphatic hydroxyl groups is 1. The highest BCUT2D eigenvalue weighted by atomic mass is 79.9. The van der Waals surface area contributed by atoms with E-state index in [1.807, 2.05) is 12.1 Å². The molecule has 0 aromatic heterocycles. The van der Waals surface area contributed by atoms with Crippen molar-refractivity contribution in [2.45, 2.75) is 24.9 Å². The van der Waals surface area contributed by atoms with Crippen molar-refractivity contribution in [3.05, 3.63) is 67.6 Å². The van der Waals surface area contributed by atoms with Gasteiger partial charge >= 0.3 is 0 Å². The molecule has 0 fully saturated rings. The van der Waals surface area contributed by atoms with Crippen LogP contribution in [0.1, 0.15) is 23.1 Å². The van der Waals surface area contributed by atoms with Crippen LogP contribution < -0.4 is 0 Å². The first-order chi connectivity index (χ1) is 9.48. The molecule has 3 rings (SSSR count). The maximum absolute atomic E-state index is 11.0. The molecule has 2 aromatic carbocycles. The van der Waals surface area contributed by atoms with Gasteiger partial charge in [-0.15, -0.1) is 0 Å². The highest BCUT2D eigenvalue weighted by molar-refractivity contribution is 9.10. The summed E-state index contributed by atoms with van der Waals surface area (Å²) in [5.74, 6) is 0. The van der Waals surface area contributed by atoms with E-state index in [9.17, 15) is 5.11 Å². The van der Waals surface area contributed by atoms with Gasteiger partial charge in [-0.25, -0.2) is 0 Å². The van der Waals surface area contributed by atoms with E-state index in [1.54, 1.807) is 12.1 Å². The Labute approximate surface area is 136 Å². The summed E-state index contributed by atoms with van der Waals surface area (Å²) in [5.41, 5.74) is 2.45. The van der Waals surface area contributed by atoms with Crippen LogP contribution in [0.4, 0.5) is 0 Å². The zero-order chi connectivity index (χ0) is 14.3. The molecular weight excluding hydrogens is 359 g/mol. The van der Waals surface area contributed by atoms with Crippen molar-refractivity contribution in [2.75, 3.05) is 0 Å². The van der Waals surface area contributed by atoms with Gasteiger partial charge in [0.25, 0.3) is 0 Å². The quantitative estimate of drug-likeness (QED) is 0.736. The SMILES string of the molecule is OC1(c2ccc(Cl)c(Cl)c2)CCc2cc(Br)ccc2C1. The van der Waals surface area contributed by atoms with Crippen molar-refractivity contribution >= 4 is 39.1 Å². The minimum atomic E-state index is -0.866. The molecule has 0 bridgehead atoms. The zero-order valence-electron chi connectivity index (χ0n) is 10.7. The standard InChI is InChI=1S/C16H13BrCl2O/c17-13-3-1-11-9-16(20,6-5-10(11)7-13)12-2-4-14(18)15(19)8-12/h1-4,7-8,20H,5-6,9H2. The highest BCUT2D eigenvalue weighted by Gasteiger charge is 2.34. The van der Waals surface area contributed by atoms with E-state index in [4.69, 9.17) is 23.2 Å². The molecular formula is C16H13BrCl2O. The van der Waals surface area contributed by atoms with Crippen molar-refractivity contribution < 1.29 is 5.11 Å². The first-order valence-corrected chi connectivity index (χ1v) is 7.98. The monoisotopic (exact) mass is 370 g/mol. The second-order valence-electron chi connectivity index (χ2n) is 5.25. The van der Waals surface area contributed by atoms with Crippen LogP contribution in [0.15, 0.2) is 40.9 Å². The lowest BCUT2D eigenvalue weighted by Crippen LogP contribution is -2.33. The molecule has 1 unspecified atom stereocenters. The van der Waals surface area contributed by atoms with E-state index in [1.165, 1.54) is 11.1 Å². The minimum Gasteiger partial charge on any atom is -0.385 e. The van der Waals surface area contributed by atoms with E-state index in [0.717, 1.165) is 16.5 Å². The lowest BCUT2D eigenvalue weighted by molar-refractivity contribution is 0.0222. The average molecular weight is 372 g/mol. The smallest absolute Gasteiger partial charge is 0.0940 e. The third-order valence-electron chi connectivity index (χ3n) is 3.92. The largest absolute Gasteiger partial charge is 0.385 e. The second-order valence-corrected chi connectivity index (χ2v) is 6.98. The summed E-state index contributed by atoms with van der Waals surface area (Å²) in [5, 5.41) is 12.0. The third kappa shape index (κ3) is 2.62. The van der Waals surface area contributed by atoms with Crippen LogP contribution in [0.5, 0.6) is 0 Å². The van der Waals surface area contributed by atoms with Crippen molar-refractivity contribution in [1.82, 2.24) is 0 Å². The number of fused-ring (bicyclic) bond motifs is 1. The first kappa shape index (κ1) is 14.4. The fourth-order valence-electron chi connectivity index (χ4n) is 2.78. The molecule has 0 saturated heterocycles. The Kier molecular flexibility index (Phi) is 3.85. The topological polar surface area (TPSA) is 20.2 Å². The average Bonchev–Trinajstić information content (AvgIpc) is 2.42. The number of benzene rings is 2. The maximum Gasteiger partial charge on any atom is 0.0940 e. The van der Waals surface area contributed by atoms with Crippen molar-refractivity contribution in [2.24, 2.45) is 0 Å². The maximum atomic E-state index is 11.0. The van der Waals surface area contributed by atoms with E-state index in [0.29, 0.717) is 22.9 Å². The number of aryl methyl sites for hydroxylation is 1. The van der Waals surface area contributed by atoms with Crippen molar-refractivity contribution in [1.29, 1.82) is 0 Å². The Hall–Kier alpha value is -0.540. The van der Waals surface area contributed by atoms with Crippen LogP contribution in [0, 0.1) is 0 Å². The Morgan fingerprint density at radius 2 is 1.80 bits per heavy atom. The highest BCUT2D eigenvalue weighted by Crippen LogP contribution is 2.39. The molecule has 1 nitrogen and oxygen atoms in total. The van der Waals surface area contributed by atoms with Crippen molar-refractivity contribution in [3.63, 3.8) is 0 Å². The molecule has 0 amide bonds. The van der Waals surface area contributed by atoms with Gasteiger partial charge in [-0.2, -0.15) is 0 Å². The van der Waals surface area contributed by atoms with E-state index < -0.39 is 5.60 Å². The molecule has 1 aliphatic rings. The number of halogens is 3. The summed E-state index contributed by atoms with van der Waals surface area (Å²) in [4.78, 5) is 0. The summed E-state index contributed by atoms with van der Waals surface area (Å²) < 4.78 is 1.08. The zero-order valence-corrected chi connectivity index (χ0v) is 13.8. The Morgan fingerprint density at radius 3 is 2.55 bits per heavy atom. The Balaban J connectivity index is 1.98. The summed E-state index contributed by atoms with van der Waals surface area (Å²) in [6.45, 7) is 0. The number of hydrogen-bond acceptors (Lipinski definition) is 1. The molecule has 4 heteroatoms. The second kappa shape index (κ2) is 5.34. The molecule has 0 heterocycles. The van der Waals surface area contributed by atoms with Gasteiger partial charge in [0.05, 0.1) is 15.6 Å². The predicted octanol–water partition coefficient (Wildman–Crippen LogP) is 5.13. The molecule has 1 aliphatic carbocycles. The van der Waals surface area contributed by atoms with Gasteiger partial charge in [0.1, 0.15) is 0 Å². The van der Waals surface area contributed by atoms with Gasteiger partial charge < -0.3 is 5.11 Å². The van der Waals surface area contributed by atoms with Crippen LogP contribution in [0.25, 0.3) is 0 Å². The van der Waals surface area contributed by atoms with E-state index in [-0.39, 0.29) is 0 Å². The summed E-state index contributed by atoms with van der Waals surface area (Å²) in [6, 6.07) is 11.6. The molecule has 20 heavy (non-hydrogen) atoms. The van der Waals surface area contributed by atoms with Gasteiger partial charge in [0, 0.05) is 10.9 Å². The van der Waals surface area contributed by atoms with Gasteiger partial charge in [0.15, 0.2) is 0 Å². The Bertz CT molecular complexity index is 672. The Morgan fingerprint density at radius 1 is 1.00 bits per heavy atom. The lowest BCUT2D eigenvalue weighted by Gasteiger charge is -2.34. The predicted molar refractivity (Wildman–Crippen MR) is 86.5 cm³/mol. The lowest BCUT2D eigenvalue weighted by atomic mass is 9.76. The number of hydrogen-bond donors (Lipinski definition) is 1. The molecule has 2 aromatic rings. The van der Waals surface area contributed by atoms with Crippen LogP contribution in [-0.4, -0.2) is 5.11 Å². The normalized spacial score (nSPS) is 21.6. The fourth-order valence-corrected chi connectivity index (χ4v) is 3.48. The molecule has 0 saturated carbocycles. The molecule has 0 aliphatic heterocycles. The molecule has 0 spiro atoms. The summed E-state index contributed by atoms with van der Waals surface area (Å²) in [6.07, 6.45) is 2.15. The number of rotatable bonds is 1. The summed E-state index contributed by atoms with van der Waals surface area (Å²) in [7, 11) is 0. The fraction of sp³-hybridized carbons (Fsp3) is 0.250. The van der Waals surface area contributed by atoms with E-state index in [2.05, 4.69) is 28.1 Å². The van der Waals surface area contributed by atoms with Crippen molar-refractivity contribution in [3.8, 4) is 0 Å². The third-order valence-corrected chi connectivity index (χ3v) is 5.15. The van der Waals surface area contributed by atoms with Crippen LogP contribution in [0.2, 0.25) is 10.0 Å². The van der Waals surface area contributed by atoms with Crippen LogP contribution >= 0.6 is 39.1 Å². The van der Waals surface area contributed by atoms with Gasteiger partial charge in [-0.05, 0) is 53.8 Å². The van der Waals surface area contributed by atoms with Gasteiger partial charge in [0.2, 0.25) is 0 Å². The van der Waals surface area contributed by atoms with Crippen LogP contribution in [-0.2, 0) is 18.4 Å². The summed E-state index contributed by atoms with van der Waals surface area (Å²) >= 11 is 15.5. The molecule has 1 atom stereocenters. The molecule has 1 N–H and O–H groups in total. The van der Waals surface area contributed by atoms with Gasteiger partial charge in [-0.1, -0.05) is 51.3 Å². The molecule has 0 radical (unpaired) electrons. The van der Waals surface area contributed by atoms with E-state index >= 15 is 0 Å². The van der Waals surface area contributed by atoms with Crippen LogP contribution in [0.3, 0.4) is 0 Å². The van der Waals surface area contributed by atoms with Gasteiger partial charge in [-0.3, -0.25) is 0 Å².